The van der Waals surface area contributed by atoms with Crippen molar-refractivity contribution >= 4 is 11.8 Å². The number of aromatic hydroxyl groups is 2. The molecule has 0 fully saturated rings. The number of amides is 2. The zero-order valence-corrected chi connectivity index (χ0v) is 18.5. The van der Waals surface area contributed by atoms with Gasteiger partial charge in [0, 0.05) is 13.1 Å². The van der Waals surface area contributed by atoms with Crippen molar-refractivity contribution in [1.29, 1.82) is 0 Å². The number of hydrogen-bond acceptors (Lipinski definition) is 6. The van der Waals surface area contributed by atoms with Crippen LogP contribution in [0.2, 0.25) is 0 Å². The molecule has 0 aliphatic heterocycles. The summed E-state index contributed by atoms with van der Waals surface area (Å²) in [5.74, 6) is -0.998. The second kappa shape index (κ2) is 12.1. The molecule has 32 heavy (non-hydrogen) atoms. The molecule has 2 aromatic carbocycles. The van der Waals surface area contributed by atoms with Gasteiger partial charge in [-0.15, -0.1) is 0 Å². The van der Waals surface area contributed by atoms with Crippen LogP contribution < -0.4 is 10.6 Å². The highest BCUT2D eigenvalue weighted by molar-refractivity contribution is 5.97. The molecule has 8 heteroatoms. The average Bonchev–Trinajstić information content (AvgIpc) is 2.72. The van der Waals surface area contributed by atoms with E-state index >= 15 is 0 Å². The first kappa shape index (κ1) is 25.2. The van der Waals surface area contributed by atoms with Crippen LogP contribution in [0.1, 0.15) is 57.5 Å². The number of phenolic OH excluding ortho intramolecular Hbond substituents is 2. The topological polar surface area (TPSA) is 139 Å². The molecule has 0 saturated carbocycles. The van der Waals surface area contributed by atoms with Crippen molar-refractivity contribution in [3.63, 3.8) is 0 Å². The maximum Gasteiger partial charge on any atom is 0.255 e. The lowest BCUT2D eigenvalue weighted by Gasteiger charge is -2.15. The Hall–Kier alpha value is -3.10. The molecule has 0 aromatic heterocycles. The fourth-order valence-corrected chi connectivity index (χ4v) is 3.24. The third-order valence-corrected chi connectivity index (χ3v) is 5.16. The van der Waals surface area contributed by atoms with Gasteiger partial charge < -0.3 is 31.1 Å². The Bertz CT molecular complexity index is 855. The van der Waals surface area contributed by atoms with Gasteiger partial charge >= 0.3 is 0 Å². The van der Waals surface area contributed by atoms with Crippen LogP contribution in [0.5, 0.6) is 11.5 Å². The lowest BCUT2D eigenvalue weighted by molar-refractivity contribution is 0.0885. The van der Waals surface area contributed by atoms with E-state index in [2.05, 4.69) is 10.6 Å². The van der Waals surface area contributed by atoms with E-state index in [-0.39, 0.29) is 35.7 Å². The van der Waals surface area contributed by atoms with Crippen LogP contribution in [0.4, 0.5) is 0 Å². The highest BCUT2D eigenvalue weighted by Gasteiger charge is 2.14. The van der Waals surface area contributed by atoms with Crippen molar-refractivity contribution in [2.45, 2.75) is 51.7 Å². The van der Waals surface area contributed by atoms with Gasteiger partial charge in [-0.25, -0.2) is 0 Å². The third-order valence-electron chi connectivity index (χ3n) is 5.16. The van der Waals surface area contributed by atoms with Crippen LogP contribution in [0, 0.1) is 13.8 Å². The molecule has 0 aliphatic rings. The highest BCUT2D eigenvalue weighted by atomic mass is 16.3. The van der Waals surface area contributed by atoms with Crippen LogP contribution in [-0.4, -0.2) is 57.5 Å². The number of nitrogens with one attached hydrogen (secondary N) is 2. The standard InChI is InChI=1S/C24H32N2O6/c1-15-3-7-19(21(29)13-15)23(31)25-11-9-17(27)5-6-18(28)10-12-26-24(32)20-8-4-16(2)14-22(20)30/h3-4,7-8,13-14,17-18,27-30H,5-6,9-12H2,1-2H3,(H,25,31)(H,26,32). The highest BCUT2D eigenvalue weighted by Crippen LogP contribution is 2.19. The van der Waals surface area contributed by atoms with Gasteiger partial charge in [0.15, 0.2) is 0 Å². The minimum absolute atomic E-state index is 0.0872. The normalized spacial score (nSPS) is 12.8. The molecule has 0 bridgehead atoms. The molecule has 2 unspecified atom stereocenters. The summed E-state index contributed by atoms with van der Waals surface area (Å²) in [5, 5.41) is 45.1. The molecule has 0 spiro atoms. The van der Waals surface area contributed by atoms with Crippen molar-refractivity contribution in [2.24, 2.45) is 0 Å². The van der Waals surface area contributed by atoms with E-state index < -0.39 is 24.0 Å². The number of benzene rings is 2. The quantitative estimate of drug-likeness (QED) is 0.314. The lowest BCUT2D eigenvalue weighted by Crippen LogP contribution is -2.28. The molecule has 6 N–H and O–H groups in total. The largest absolute Gasteiger partial charge is 0.507 e. The number of aliphatic hydroxyl groups excluding tert-OH is 2. The molecule has 8 nitrogen and oxygen atoms in total. The third kappa shape index (κ3) is 7.86. The molecule has 2 amide bonds. The molecular formula is C24H32N2O6. The van der Waals surface area contributed by atoms with Crippen LogP contribution in [0.25, 0.3) is 0 Å². The summed E-state index contributed by atoms with van der Waals surface area (Å²) in [6.07, 6.45) is -0.0754. The first-order valence-electron chi connectivity index (χ1n) is 10.7. The summed E-state index contributed by atoms with van der Waals surface area (Å²) in [5.41, 5.74) is 2.06. The lowest BCUT2D eigenvalue weighted by atomic mass is 10.1. The monoisotopic (exact) mass is 444 g/mol. The van der Waals surface area contributed by atoms with Gasteiger partial charge in [-0.3, -0.25) is 9.59 Å². The zero-order valence-electron chi connectivity index (χ0n) is 18.5. The zero-order chi connectivity index (χ0) is 23.7. The van der Waals surface area contributed by atoms with Crippen molar-refractivity contribution in [2.75, 3.05) is 13.1 Å². The van der Waals surface area contributed by atoms with Gasteiger partial charge in [-0.05, 0) is 74.9 Å². The predicted molar refractivity (Wildman–Crippen MR) is 121 cm³/mol. The molecule has 0 radical (unpaired) electrons. The Morgan fingerprint density at radius 3 is 1.44 bits per heavy atom. The van der Waals surface area contributed by atoms with Crippen molar-refractivity contribution in [1.82, 2.24) is 10.6 Å². The SMILES string of the molecule is Cc1ccc(C(=O)NCCC(O)CCC(O)CCNC(=O)c2ccc(C)cc2O)c(O)c1. The van der Waals surface area contributed by atoms with E-state index in [4.69, 9.17) is 0 Å². The van der Waals surface area contributed by atoms with Crippen molar-refractivity contribution in [3.05, 3.63) is 58.7 Å². The van der Waals surface area contributed by atoms with E-state index in [1.165, 1.54) is 12.1 Å². The minimum atomic E-state index is -0.698. The van der Waals surface area contributed by atoms with Gasteiger partial charge in [-0.2, -0.15) is 0 Å². The summed E-state index contributed by atoms with van der Waals surface area (Å²) in [4.78, 5) is 24.2. The van der Waals surface area contributed by atoms with E-state index in [1.807, 2.05) is 13.8 Å². The van der Waals surface area contributed by atoms with Gasteiger partial charge in [0.2, 0.25) is 0 Å². The smallest absolute Gasteiger partial charge is 0.255 e. The van der Waals surface area contributed by atoms with Crippen LogP contribution in [0.3, 0.4) is 0 Å². The molecule has 2 aromatic rings. The molecule has 2 rings (SSSR count). The number of phenols is 2. The number of carbonyl (C=O) groups excluding carboxylic acids is 2. The Morgan fingerprint density at radius 1 is 0.719 bits per heavy atom. The summed E-state index contributed by atoms with van der Waals surface area (Å²) >= 11 is 0. The molecule has 0 saturated heterocycles. The fraction of sp³-hybridized carbons (Fsp3) is 0.417. The predicted octanol–water partition coefficient (Wildman–Crippen LogP) is 2.16. The fourth-order valence-electron chi connectivity index (χ4n) is 3.24. The number of aliphatic hydroxyl groups is 2. The van der Waals surface area contributed by atoms with Gasteiger partial charge in [0.05, 0.1) is 23.3 Å². The van der Waals surface area contributed by atoms with Crippen molar-refractivity contribution in [3.8, 4) is 11.5 Å². The van der Waals surface area contributed by atoms with Gasteiger partial charge in [0.25, 0.3) is 11.8 Å². The number of carbonyl (C=O) groups is 2. The van der Waals surface area contributed by atoms with Gasteiger partial charge in [-0.1, -0.05) is 12.1 Å². The first-order chi connectivity index (χ1) is 15.2. The van der Waals surface area contributed by atoms with E-state index in [0.29, 0.717) is 25.7 Å². The van der Waals surface area contributed by atoms with Crippen LogP contribution in [0.15, 0.2) is 36.4 Å². The Balaban J connectivity index is 1.62. The molecule has 174 valence electrons. The molecular weight excluding hydrogens is 412 g/mol. The number of hydrogen-bond donors (Lipinski definition) is 6. The van der Waals surface area contributed by atoms with Gasteiger partial charge in [0.1, 0.15) is 11.5 Å². The summed E-state index contributed by atoms with van der Waals surface area (Å²) < 4.78 is 0. The Labute approximate surface area is 187 Å². The minimum Gasteiger partial charge on any atom is -0.507 e. The maximum absolute atomic E-state index is 12.1. The number of rotatable bonds is 11. The van der Waals surface area contributed by atoms with E-state index in [0.717, 1.165) is 11.1 Å². The van der Waals surface area contributed by atoms with E-state index in [1.54, 1.807) is 24.3 Å². The maximum atomic E-state index is 12.1. The molecule has 0 aliphatic carbocycles. The summed E-state index contributed by atoms with van der Waals surface area (Å²) in [6.45, 7) is 4.10. The van der Waals surface area contributed by atoms with Crippen LogP contribution in [-0.2, 0) is 0 Å². The Morgan fingerprint density at radius 2 is 1.09 bits per heavy atom. The summed E-state index contributed by atoms with van der Waals surface area (Å²) in [7, 11) is 0. The summed E-state index contributed by atoms with van der Waals surface area (Å²) in [6, 6.07) is 9.58. The second-order valence-electron chi connectivity index (χ2n) is 8.02. The molecule has 2 atom stereocenters. The second-order valence-corrected chi connectivity index (χ2v) is 8.02. The van der Waals surface area contributed by atoms with E-state index in [9.17, 15) is 30.0 Å². The average molecular weight is 445 g/mol. The number of aryl methyl sites for hydroxylation is 2. The first-order valence-corrected chi connectivity index (χ1v) is 10.7. The Kier molecular flexibility index (Phi) is 9.49. The van der Waals surface area contributed by atoms with Crippen molar-refractivity contribution < 1.29 is 30.0 Å². The van der Waals surface area contributed by atoms with Crippen LogP contribution >= 0.6 is 0 Å². The molecule has 0 heterocycles.